The van der Waals surface area contributed by atoms with Gasteiger partial charge in [-0.25, -0.2) is 0 Å². The van der Waals surface area contributed by atoms with Crippen LogP contribution in [0.2, 0.25) is 0 Å². The second-order valence-corrected chi connectivity index (χ2v) is 7.31. The standard InChI is InChI=1S/C24H17NS.6C2H6/c1-3-10-18(11-4-1)25(19-12-5-2-6-13-19)22-16-9-15-21-20-14-7-8-17-23(20)26-24(21)22;6*1-2/h1-17H;6*1-2H3. The van der Waals surface area contributed by atoms with Gasteiger partial charge in [-0.15, -0.1) is 11.3 Å². The molecule has 0 atom stereocenters. The van der Waals surface area contributed by atoms with E-state index >= 15 is 0 Å². The fraction of sp³-hybridized carbons (Fsp3) is 0.333. The molecule has 38 heavy (non-hydrogen) atoms. The van der Waals surface area contributed by atoms with Gasteiger partial charge in [-0.1, -0.05) is 150 Å². The Labute approximate surface area is 239 Å². The monoisotopic (exact) mass is 531 g/mol. The second kappa shape index (κ2) is 24.2. The normalized spacial score (nSPS) is 8.53. The number of anilines is 3. The molecule has 0 bridgehead atoms. The first-order valence-electron chi connectivity index (χ1n) is 14.7. The topological polar surface area (TPSA) is 3.24 Å². The number of fused-ring (bicyclic) bond motifs is 3. The molecule has 1 aromatic heterocycles. The Morgan fingerprint density at radius 2 is 0.789 bits per heavy atom. The Kier molecular flexibility index (Phi) is 23.6. The van der Waals surface area contributed by atoms with Gasteiger partial charge in [-0.2, -0.15) is 0 Å². The van der Waals surface area contributed by atoms with Crippen LogP contribution < -0.4 is 4.90 Å². The SMILES string of the molecule is CC.CC.CC.CC.CC.CC.c1ccc(N(c2ccccc2)c2cccc3c2sc2ccccc23)cc1. The quantitative estimate of drug-likeness (QED) is 0.224. The van der Waals surface area contributed by atoms with Crippen molar-refractivity contribution in [2.24, 2.45) is 0 Å². The largest absolute Gasteiger partial charge is 0.309 e. The number of hydrogen-bond acceptors (Lipinski definition) is 2. The van der Waals surface area contributed by atoms with Crippen LogP contribution in [0.5, 0.6) is 0 Å². The highest BCUT2D eigenvalue weighted by Crippen LogP contribution is 2.44. The van der Waals surface area contributed by atoms with Gasteiger partial charge in [0.25, 0.3) is 0 Å². The predicted molar refractivity (Wildman–Crippen MR) is 182 cm³/mol. The van der Waals surface area contributed by atoms with E-state index in [-0.39, 0.29) is 0 Å². The molecule has 0 radical (unpaired) electrons. The van der Waals surface area contributed by atoms with Gasteiger partial charge in [0.05, 0.1) is 10.4 Å². The van der Waals surface area contributed by atoms with Crippen LogP contribution in [0, 0.1) is 0 Å². The summed E-state index contributed by atoms with van der Waals surface area (Å²) in [5.41, 5.74) is 3.56. The van der Waals surface area contributed by atoms with E-state index in [4.69, 9.17) is 0 Å². The first-order chi connectivity index (χ1) is 18.9. The summed E-state index contributed by atoms with van der Waals surface area (Å²) in [6.45, 7) is 24.0. The van der Waals surface area contributed by atoms with Crippen molar-refractivity contribution >= 4 is 48.6 Å². The Morgan fingerprint density at radius 3 is 1.26 bits per heavy atom. The Morgan fingerprint density at radius 1 is 0.395 bits per heavy atom. The van der Waals surface area contributed by atoms with Crippen LogP contribution in [0.3, 0.4) is 0 Å². The van der Waals surface area contributed by atoms with E-state index in [0.29, 0.717) is 0 Å². The molecule has 0 saturated heterocycles. The molecular weight excluding hydrogens is 478 g/mol. The van der Waals surface area contributed by atoms with E-state index in [1.165, 1.54) is 37.2 Å². The highest BCUT2D eigenvalue weighted by molar-refractivity contribution is 7.26. The molecule has 0 saturated carbocycles. The molecule has 5 aromatic rings. The van der Waals surface area contributed by atoms with Crippen molar-refractivity contribution in [3.8, 4) is 0 Å². The summed E-state index contributed by atoms with van der Waals surface area (Å²) in [5.74, 6) is 0. The molecular formula is C36H53NS. The minimum Gasteiger partial charge on any atom is -0.309 e. The zero-order chi connectivity index (χ0) is 29.3. The zero-order valence-electron chi connectivity index (χ0n) is 26.2. The molecule has 0 aliphatic rings. The van der Waals surface area contributed by atoms with E-state index < -0.39 is 0 Å². The van der Waals surface area contributed by atoms with E-state index in [2.05, 4.69) is 108 Å². The molecule has 1 heterocycles. The molecule has 4 aromatic carbocycles. The lowest BCUT2D eigenvalue weighted by Crippen LogP contribution is -2.09. The molecule has 5 rings (SSSR count). The third-order valence-electron chi connectivity index (χ3n) is 4.65. The van der Waals surface area contributed by atoms with Gasteiger partial charge in [0.2, 0.25) is 0 Å². The number of nitrogens with zero attached hydrogens (tertiary/aromatic N) is 1. The molecule has 2 heteroatoms. The van der Waals surface area contributed by atoms with Crippen LogP contribution in [0.15, 0.2) is 103 Å². The van der Waals surface area contributed by atoms with Gasteiger partial charge in [0.15, 0.2) is 0 Å². The van der Waals surface area contributed by atoms with Crippen molar-refractivity contribution in [3.63, 3.8) is 0 Å². The summed E-state index contributed by atoms with van der Waals surface area (Å²) < 4.78 is 2.65. The van der Waals surface area contributed by atoms with Gasteiger partial charge in [-0.3, -0.25) is 0 Å². The van der Waals surface area contributed by atoms with Gasteiger partial charge < -0.3 is 4.90 Å². The molecule has 208 valence electrons. The number of rotatable bonds is 3. The van der Waals surface area contributed by atoms with E-state index in [0.717, 1.165) is 0 Å². The van der Waals surface area contributed by atoms with Crippen LogP contribution in [-0.4, -0.2) is 0 Å². The van der Waals surface area contributed by atoms with Crippen molar-refractivity contribution in [1.82, 2.24) is 0 Å². The number of benzene rings is 4. The predicted octanol–water partition coefficient (Wildman–Crippen LogP) is 13.7. The summed E-state index contributed by atoms with van der Waals surface area (Å²) in [6, 6.07) is 36.4. The highest BCUT2D eigenvalue weighted by Gasteiger charge is 2.17. The molecule has 0 spiro atoms. The van der Waals surface area contributed by atoms with Crippen molar-refractivity contribution in [3.05, 3.63) is 103 Å². The minimum absolute atomic E-state index is 1.17. The average molecular weight is 532 g/mol. The molecule has 0 amide bonds. The lowest BCUT2D eigenvalue weighted by molar-refractivity contribution is 1.30. The molecule has 1 nitrogen and oxygen atoms in total. The molecule has 0 unspecified atom stereocenters. The smallest absolute Gasteiger partial charge is 0.0640 e. The van der Waals surface area contributed by atoms with Crippen LogP contribution >= 0.6 is 11.3 Å². The fourth-order valence-electron chi connectivity index (χ4n) is 3.49. The van der Waals surface area contributed by atoms with Gasteiger partial charge in [0.1, 0.15) is 0 Å². The van der Waals surface area contributed by atoms with Crippen molar-refractivity contribution in [2.45, 2.75) is 83.1 Å². The van der Waals surface area contributed by atoms with Crippen LogP contribution in [-0.2, 0) is 0 Å². The summed E-state index contributed by atoms with van der Waals surface area (Å²) >= 11 is 1.86. The minimum atomic E-state index is 1.17. The number of hydrogen-bond donors (Lipinski definition) is 0. The highest BCUT2D eigenvalue weighted by atomic mass is 32.1. The van der Waals surface area contributed by atoms with Gasteiger partial charge >= 0.3 is 0 Å². The van der Waals surface area contributed by atoms with E-state index in [9.17, 15) is 0 Å². The number of thiophene rings is 1. The maximum Gasteiger partial charge on any atom is 0.0640 e. The Balaban J connectivity index is 0. The summed E-state index contributed by atoms with van der Waals surface area (Å²) in [5, 5.41) is 2.65. The Bertz CT molecular complexity index is 1140. The summed E-state index contributed by atoms with van der Waals surface area (Å²) in [7, 11) is 0. The number of para-hydroxylation sites is 2. The third-order valence-corrected chi connectivity index (χ3v) is 5.86. The van der Waals surface area contributed by atoms with Crippen LogP contribution in [0.4, 0.5) is 17.1 Å². The maximum atomic E-state index is 2.34. The first-order valence-corrected chi connectivity index (χ1v) is 15.5. The van der Waals surface area contributed by atoms with Crippen molar-refractivity contribution in [1.29, 1.82) is 0 Å². The molecule has 0 fully saturated rings. The molecule has 0 N–H and O–H groups in total. The fourth-order valence-corrected chi connectivity index (χ4v) is 4.70. The summed E-state index contributed by atoms with van der Waals surface area (Å²) in [6.07, 6.45) is 0. The average Bonchev–Trinajstić information content (AvgIpc) is 3.44. The Hall–Kier alpha value is -3.10. The lowest BCUT2D eigenvalue weighted by atomic mass is 10.1. The van der Waals surface area contributed by atoms with Gasteiger partial charge in [0, 0.05) is 26.8 Å². The zero-order valence-corrected chi connectivity index (χ0v) is 27.0. The van der Waals surface area contributed by atoms with Crippen molar-refractivity contribution < 1.29 is 0 Å². The molecule has 0 aliphatic carbocycles. The summed E-state index contributed by atoms with van der Waals surface area (Å²) in [4.78, 5) is 2.34. The lowest BCUT2D eigenvalue weighted by Gasteiger charge is -2.25. The maximum absolute atomic E-state index is 2.34. The van der Waals surface area contributed by atoms with Crippen LogP contribution in [0.25, 0.3) is 20.2 Å². The second-order valence-electron chi connectivity index (χ2n) is 6.26. The first kappa shape index (κ1) is 37.1. The van der Waals surface area contributed by atoms with E-state index in [1.807, 2.05) is 94.4 Å². The van der Waals surface area contributed by atoms with Crippen molar-refractivity contribution in [2.75, 3.05) is 4.90 Å². The van der Waals surface area contributed by atoms with E-state index in [1.54, 1.807) is 0 Å². The van der Waals surface area contributed by atoms with Crippen LogP contribution in [0.1, 0.15) is 83.1 Å². The van der Waals surface area contributed by atoms with Gasteiger partial charge in [-0.05, 0) is 36.4 Å². The molecule has 0 aliphatic heterocycles. The third kappa shape index (κ3) is 9.99.